The van der Waals surface area contributed by atoms with Crippen LogP contribution in [0.3, 0.4) is 0 Å². The summed E-state index contributed by atoms with van der Waals surface area (Å²) in [6, 6.07) is 10.5. The summed E-state index contributed by atoms with van der Waals surface area (Å²) in [5.41, 5.74) is 0.871. The molecule has 31 heavy (non-hydrogen) atoms. The SMILES string of the molecule is COc1ccc(/C=C/C(=O)NC(C)C(=O)NCC(c2ccco2)N2CCCCC2)cc1. The smallest absolute Gasteiger partial charge is 0.244 e. The molecule has 2 amide bonds. The molecule has 3 rings (SSSR count). The van der Waals surface area contributed by atoms with E-state index in [1.165, 1.54) is 12.5 Å². The van der Waals surface area contributed by atoms with Crippen molar-refractivity contribution in [2.24, 2.45) is 0 Å². The molecule has 0 saturated carbocycles. The van der Waals surface area contributed by atoms with Crippen molar-refractivity contribution in [3.05, 3.63) is 60.1 Å². The third-order valence-electron chi connectivity index (χ3n) is 5.47. The van der Waals surface area contributed by atoms with Gasteiger partial charge >= 0.3 is 0 Å². The lowest BCUT2D eigenvalue weighted by atomic mass is 10.1. The van der Waals surface area contributed by atoms with Gasteiger partial charge in [0, 0.05) is 12.6 Å². The number of carbonyl (C=O) groups excluding carboxylic acids is 2. The van der Waals surface area contributed by atoms with E-state index in [2.05, 4.69) is 15.5 Å². The zero-order valence-corrected chi connectivity index (χ0v) is 18.2. The van der Waals surface area contributed by atoms with Gasteiger partial charge in [0.1, 0.15) is 17.6 Å². The van der Waals surface area contributed by atoms with Crippen LogP contribution >= 0.6 is 0 Å². The highest BCUT2D eigenvalue weighted by molar-refractivity contribution is 5.95. The lowest BCUT2D eigenvalue weighted by molar-refractivity contribution is -0.126. The lowest BCUT2D eigenvalue weighted by Crippen LogP contribution is -2.47. The van der Waals surface area contributed by atoms with Crippen molar-refractivity contribution in [3.8, 4) is 5.75 Å². The maximum atomic E-state index is 12.6. The number of hydrogen-bond acceptors (Lipinski definition) is 5. The number of benzene rings is 1. The number of methoxy groups -OCH3 is 1. The van der Waals surface area contributed by atoms with Crippen LogP contribution in [0.5, 0.6) is 5.75 Å². The van der Waals surface area contributed by atoms with Crippen LogP contribution in [0, 0.1) is 0 Å². The number of hydrogen-bond donors (Lipinski definition) is 2. The Morgan fingerprint density at radius 1 is 1.16 bits per heavy atom. The summed E-state index contributed by atoms with van der Waals surface area (Å²) in [6.45, 7) is 4.10. The molecule has 166 valence electrons. The minimum atomic E-state index is -0.647. The summed E-state index contributed by atoms with van der Waals surface area (Å²) in [5, 5.41) is 5.68. The van der Waals surface area contributed by atoms with Crippen molar-refractivity contribution in [2.75, 3.05) is 26.7 Å². The predicted octanol–water partition coefficient (Wildman–Crippen LogP) is 3.15. The molecule has 0 bridgehead atoms. The van der Waals surface area contributed by atoms with Crippen molar-refractivity contribution in [3.63, 3.8) is 0 Å². The zero-order chi connectivity index (χ0) is 22.1. The number of rotatable bonds is 9. The fourth-order valence-corrected chi connectivity index (χ4v) is 3.68. The fraction of sp³-hybridized carbons (Fsp3) is 0.417. The average molecular weight is 426 g/mol. The maximum Gasteiger partial charge on any atom is 0.244 e. The normalized spacial score (nSPS) is 16.6. The van der Waals surface area contributed by atoms with Crippen molar-refractivity contribution in [1.82, 2.24) is 15.5 Å². The van der Waals surface area contributed by atoms with Gasteiger partial charge in [-0.1, -0.05) is 18.6 Å². The number of ether oxygens (including phenoxy) is 1. The van der Waals surface area contributed by atoms with E-state index in [0.29, 0.717) is 6.54 Å². The summed E-state index contributed by atoms with van der Waals surface area (Å²) < 4.78 is 10.7. The second kappa shape index (κ2) is 11.4. The minimum absolute atomic E-state index is 0.00267. The van der Waals surface area contributed by atoms with Crippen molar-refractivity contribution >= 4 is 17.9 Å². The summed E-state index contributed by atoms with van der Waals surface area (Å²) in [5.74, 6) is 1.06. The van der Waals surface area contributed by atoms with E-state index < -0.39 is 6.04 Å². The van der Waals surface area contributed by atoms with Crippen LogP contribution < -0.4 is 15.4 Å². The van der Waals surface area contributed by atoms with E-state index in [9.17, 15) is 9.59 Å². The Bertz CT molecular complexity index is 855. The van der Waals surface area contributed by atoms with E-state index in [1.54, 1.807) is 26.4 Å². The lowest BCUT2D eigenvalue weighted by Gasteiger charge is -2.33. The van der Waals surface area contributed by atoms with Crippen LogP contribution in [0.2, 0.25) is 0 Å². The van der Waals surface area contributed by atoms with Gasteiger partial charge in [-0.2, -0.15) is 0 Å². The number of amides is 2. The molecule has 1 saturated heterocycles. The first-order valence-corrected chi connectivity index (χ1v) is 10.7. The molecular weight excluding hydrogens is 394 g/mol. The van der Waals surface area contributed by atoms with Crippen molar-refractivity contribution < 1.29 is 18.7 Å². The van der Waals surface area contributed by atoms with Crippen molar-refractivity contribution in [1.29, 1.82) is 0 Å². The Morgan fingerprint density at radius 3 is 2.55 bits per heavy atom. The number of furan rings is 1. The molecule has 1 aliphatic rings. The summed E-state index contributed by atoms with van der Waals surface area (Å²) in [6.07, 6.45) is 8.32. The topological polar surface area (TPSA) is 83.8 Å². The molecule has 1 aromatic heterocycles. The highest BCUT2D eigenvalue weighted by Gasteiger charge is 2.25. The summed E-state index contributed by atoms with van der Waals surface area (Å²) in [7, 11) is 1.61. The molecule has 7 heteroatoms. The quantitative estimate of drug-likeness (QED) is 0.603. The third-order valence-corrected chi connectivity index (χ3v) is 5.47. The second-order valence-corrected chi connectivity index (χ2v) is 7.71. The number of piperidine rings is 1. The summed E-state index contributed by atoms with van der Waals surface area (Å²) >= 11 is 0. The van der Waals surface area contributed by atoms with Gasteiger partial charge in [0.15, 0.2) is 0 Å². The summed E-state index contributed by atoms with van der Waals surface area (Å²) in [4.78, 5) is 27.1. The highest BCUT2D eigenvalue weighted by atomic mass is 16.5. The number of nitrogens with one attached hydrogen (secondary N) is 2. The molecular formula is C24H31N3O4. The Labute approximate surface area is 183 Å². The number of carbonyl (C=O) groups is 2. The molecule has 1 aromatic carbocycles. The van der Waals surface area contributed by atoms with Crippen molar-refractivity contribution in [2.45, 2.75) is 38.3 Å². The fourth-order valence-electron chi connectivity index (χ4n) is 3.68. The largest absolute Gasteiger partial charge is 0.497 e. The molecule has 1 fully saturated rings. The van der Waals surface area contributed by atoms with Crippen LogP contribution in [0.15, 0.2) is 53.2 Å². The highest BCUT2D eigenvalue weighted by Crippen LogP contribution is 2.24. The zero-order valence-electron chi connectivity index (χ0n) is 18.2. The molecule has 1 aliphatic heterocycles. The van der Waals surface area contributed by atoms with E-state index in [1.807, 2.05) is 36.4 Å². The molecule has 7 nitrogen and oxygen atoms in total. The minimum Gasteiger partial charge on any atom is -0.497 e. The van der Waals surface area contributed by atoms with Gasteiger partial charge in [0.2, 0.25) is 11.8 Å². The Morgan fingerprint density at radius 2 is 1.90 bits per heavy atom. The third kappa shape index (κ3) is 6.72. The maximum absolute atomic E-state index is 12.6. The van der Waals surface area contributed by atoms with Crippen LogP contribution in [0.1, 0.15) is 43.6 Å². The Hall–Kier alpha value is -3.06. The number of nitrogens with zero attached hydrogens (tertiary/aromatic N) is 1. The van der Waals surface area contributed by atoms with Gasteiger partial charge in [-0.15, -0.1) is 0 Å². The second-order valence-electron chi connectivity index (χ2n) is 7.71. The Kier molecular flexibility index (Phi) is 8.29. The standard InChI is InChI=1S/C24H31N3O4/c1-18(26-23(28)13-10-19-8-11-20(30-2)12-9-19)24(29)25-17-21(22-7-6-16-31-22)27-14-4-3-5-15-27/h6-13,16,18,21H,3-5,14-15,17H2,1-2H3,(H,25,29)(H,26,28)/b13-10+. The van der Waals surface area contributed by atoms with Gasteiger partial charge in [-0.3, -0.25) is 14.5 Å². The van der Waals surface area contributed by atoms with E-state index in [-0.39, 0.29) is 17.9 Å². The molecule has 2 atom stereocenters. The Balaban J connectivity index is 1.50. The molecule has 2 heterocycles. The average Bonchev–Trinajstić information content (AvgIpc) is 3.33. The van der Waals surface area contributed by atoms with E-state index >= 15 is 0 Å². The monoisotopic (exact) mass is 425 g/mol. The van der Waals surface area contributed by atoms with Crippen LogP contribution in [-0.2, 0) is 9.59 Å². The molecule has 0 aliphatic carbocycles. The van der Waals surface area contributed by atoms with Crippen LogP contribution in [-0.4, -0.2) is 49.5 Å². The van der Waals surface area contributed by atoms with Gasteiger partial charge < -0.3 is 19.8 Å². The van der Waals surface area contributed by atoms with E-state index in [4.69, 9.17) is 9.15 Å². The first kappa shape index (κ1) is 22.6. The molecule has 0 radical (unpaired) electrons. The molecule has 2 aromatic rings. The number of likely N-dealkylation sites (tertiary alicyclic amines) is 1. The van der Waals surface area contributed by atoms with Gasteiger partial charge in [-0.25, -0.2) is 0 Å². The van der Waals surface area contributed by atoms with Crippen LogP contribution in [0.25, 0.3) is 6.08 Å². The molecule has 2 N–H and O–H groups in total. The van der Waals surface area contributed by atoms with E-state index in [0.717, 1.165) is 43.0 Å². The van der Waals surface area contributed by atoms with Crippen LogP contribution in [0.4, 0.5) is 0 Å². The first-order valence-electron chi connectivity index (χ1n) is 10.7. The van der Waals surface area contributed by atoms with Gasteiger partial charge in [0.05, 0.1) is 19.4 Å². The van der Waals surface area contributed by atoms with Gasteiger partial charge in [0.25, 0.3) is 0 Å². The molecule has 2 unspecified atom stereocenters. The first-order chi connectivity index (χ1) is 15.1. The molecule has 0 spiro atoms. The predicted molar refractivity (Wildman–Crippen MR) is 120 cm³/mol. The van der Waals surface area contributed by atoms with Gasteiger partial charge in [-0.05, 0) is 68.8 Å².